The number of nitrogens with one attached hydrogen (secondary N) is 1. The van der Waals surface area contributed by atoms with E-state index in [4.69, 9.17) is 11.6 Å². The van der Waals surface area contributed by atoms with Crippen LogP contribution in [0.1, 0.15) is 39.0 Å². The van der Waals surface area contributed by atoms with Crippen LogP contribution in [0, 0.1) is 0 Å². The Morgan fingerprint density at radius 2 is 1.92 bits per heavy atom. The number of rotatable bonds is 4. The van der Waals surface area contributed by atoms with Gasteiger partial charge in [0.2, 0.25) is 5.95 Å². The van der Waals surface area contributed by atoms with Crippen molar-refractivity contribution in [1.82, 2.24) is 18.7 Å². The SMILES string of the molecule is CC(Cl)=CCn1c(NC2CCCCC2)nc2c1c(=O)n(C)c(=O)n2C. The highest BCUT2D eigenvalue weighted by atomic mass is 35.5. The molecule has 0 aromatic carbocycles. The lowest BCUT2D eigenvalue weighted by Gasteiger charge is -2.23. The van der Waals surface area contributed by atoms with Gasteiger partial charge in [0, 0.05) is 31.7 Å². The molecule has 1 aliphatic rings. The van der Waals surface area contributed by atoms with Crippen molar-refractivity contribution >= 4 is 28.7 Å². The van der Waals surface area contributed by atoms with Crippen LogP contribution in [0.25, 0.3) is 11.2 Å². The van der Waals surface area contributed by atoms with Crippen molar-refractivity contribution in [2.24, 2.45) is 14.1 Å². The van der Waals surface area contributed by atoms with E-state index in [1.54, 1.807) is 14.0 Å². The van der Waals surface area contributed by atoms with Gasteiger partial charge in [-0.1, -0.05) is 36.9 Å². The standard InChI is InChI=1S/C17H24ClN5O2/c1-11(18)9-10-23-13-14(21(2)17(25)22(3)15(13)24)20-16(23)19-12-7-5-4-6-8-12/h9,12H,4-8,10H2,1-3H3,(H,19,20). The van der Waals surface area contributed by atoms with Gasteiger partial charge in [0.05, 0.1) is 0 Å². The maximum absolute atomic E-state index is 12.7. The Labute approximate surface area is 150 Å². The molecule has 2 heterocycles. The zero-order chi connectivity index (χ0) is 18.1. The molecule has 0 radical (unpaired) electrons. The second kappa shape index (κ2) is 7.07. The minimum atomic E-state index is -0.379. The fraction of sp³-hybridized carbons (Fsp3) is 0.588. The summed E-state index contributed by atoms with van der Waals surface area (Å²) in [5.41, 5.74) is 0.0856. The van der Waals surface area contributed by atoms with E-state index in [1.807, 2.05) is 10.6 Å². The van der Waals surface area contributed by atoms with Crippen molar-refractivity contribution in [3.05, 3.63) is 31.9 Å². The highest BCUT2D eigenvalue weighted by Crippen LogP contribution is 2.23. The highest BCUT2D eigenvalue weighted by Gasteiger charge is 2.21. The van der Waals surface area contributed by atoms with Gasteiger partial charge in [0.15, 0.2) is 11.2 Å². The summed E-state index contributed by atoms with van der Waals surface area (Å²) in [7, 11) is 3.12. The van der Waals surface area contributed by atoms with Gasteiger partial charge in [-0.2, -0.15) is 4.98 Å². The summed E-state index contributed by atoms with van der Waals surface area (Å²) in [6.45, 7) is 2.22. The first-order valence-electron chi connectivity index (χ1n) is 8.65. The van der Waals surface area contributed by atoms with Crippen molar-refractivity contribution in [3.63, 3.8) is 0 Å². The molecule has 136 valence electrons. The molecule has 0 saturated heterocycles. The number of imidazole rings is 1. The number of allylic oxidation sites excluding steroid dienone is 2. The molecule has 3 rings (SSSR count). The van der Waals surface area contributed by atoms with Gasteiger partial charge < -0.3 is 9.88 Å². The number of nitrogens with zero attached hydrogens (tertiary/aromatic N) is 4. The number of hydrogen-bond acceptors (Lipinski definition) is 4. The largest absolute Gasteiger partial charge is 0.353 e. The van der Waals surface area contributed by atoms with Crippen molar-refractivity contribution in [2.45, 2.75) is 51.6 Å². The number of aromatic nitrogens is 4. The van der Waals surface area contributed by atoms with E-state index in [2.05, 4.69) is 10.3 Å². The van der Waals surface area contributed by atoms with Crippen LogP contribution in [0.5, 0.6) is 0 Å². The van der Waals surface area contributed by atoms with Crippen LogP contribution in [0.4, 0.5) is 5.95 Å². The van der Waals surface area contributed by atoms with Crippen LogP contribution in [0.2, 0.25) is 0 Å². The zero-order valence-electron chi connectivity index (χ0n) is 14.9. The molecule has 7 nitrogen and oxygen atoms in total. The van der Waals surface area contributed by atoms with E-state index < -0.39 is 0 Å². The predicted molar refractivity (Wildman–Crippen MR) is 100 cm³/mol. The summed E-state index contributed by atoms with van der Waals surface area (Å²) in [4.78, 5) is 29.5. The van der Waals surface area contributed by atoms with Gasteiger partial charge in [0.25, 0.3) is 5.56 Å². The second-order valence-corrected chi connectivity index (χ2v) is 7.29. The Hall–Kier alpha value is -2.02. The van der Waals surface area contributed by atoms with Gasteiger partial charge in [-0.3, -0.25) is 13.9 Å². The van der Waals surface area contributed by atoms with Crippen molar-refractivity contribution in [2.75, 3.05) is 5.32 Å². The third-order valence-corrected chi connectivity index (χ3v) is 5.00. The topological polar surface area (TPSA) is 73.8 Å². The summed E-state index contributed by atoms with van der Waals surface area (Å²) in [5, 5.41) is 4.12. The molecule has 2 aromatic heterocycles. The number of aryl methyl sites for hydroxylation is 1. The lowest BCUT2D eigenvalue weighted by molar-refractivity contribution is 0.459. The minimum absolute atomic E-state index is 0.339. The Kier molecular flexibility index (Phi) is 5.03. The van der Waals surface area contributed by atoms with E-state index >= 15 is 0 Å². The zero-order valence-corrected chi connectivity index (χ0v) is 15.6. The third-order valence-electron chi connectivity index (χ3n) is 4.84. The number of fused-ring (bicyclic) bond motifs is 1. The first kappa shape index (κ1) is 17.8. The molecule has 8 heteroatoms. The van der Waals surface area contributed by atoms with Crippen LogP contribution < -0.4 is 16.6 Å². The molecule has 0 aliphatic heterocycles. The molecule has 0 atom stereocenters. The molecule has 25 heavy (non-hydrogen) atoms. The summed E-state index contributed by atoms with van der Waals surface area (Å²) >= 11 is 5.99. The average molecular weight is 366 g/mol. The lowest BCUT2D eigenvalue weighted by Crippen LogP contribution is -2.37. The first-order valence-corrected chi connectivity index (χ1v) is 9.03. The van der Waals surface area contributed by atoms with Gasteiger partial charge in [0.1, 0.15) is 0 Å². The normalized spacial score (nSPS) is 16.6. The van der Waals surface area contributed by atoms with E-state index in [-0.39, 0.29) is 11.2 Å². The van der Waals surface area contributed by atoms with Crippen LogP contribution in [0.3, 0.4) is 0 Å². The lowest BCUT2D eigenvalue weighted by atomic mass is 9.96. The van der Waals surface area contributed by atoms with E-state index in [0.29, 0.717) is 34.7 Å². The van der Waals surface area contributed by atoms with Gasteiger partial charge in [-0.25, -0.2) is 4.79 Å². The first-order chi connectivity index (χ1) is 11.9. The molecule has 0 amide bonds. The Bertz CT molecular complexity index is 927. The smallest absolute Gasteiger partial charge is 0.332 e. The number of anilines is 1. The van der Waals surface area contributed by atoms with Crippen LogP contribution >= 0.6 is 11.6 Å². The molecule has 1 N–H and O–H groups in total. The molecular weight excluding hydrogens is 342 g/mol. The van der Waals surface area contributed by atoms with Gasteiger partial charge in [-0.05, 0) is 19.8 Å². The molecule has 0 bridgehead atoms. The van der Waals surface area contributed by atoms with Crippen molar-refractivity contribution in [1.29, 1.82) is 0 Å². The third kappa shape index (κ3) is 3.38. The van der Waals surface area contributed by atoms with E-state index in [9.17, 15) is 9.59 Å². The highest BCUT2D eigenvalue weighted by molar-refractivity contribution is 6.29. The average Bonchev–Trinajstić information content (AvgIpc) is 2.95. The summed E-state index contributed by atoms with van der Waals surface area (Å²) in [6.07, 6.45) is 7.66. The Balaban J connectivity index is 2.17. The summed E-state index contributed by atoms with van der Waals surface area (Å²) in [6, 6.07) is 0.339. The van der Waals surface area contributed by atoms with Crippen LogP contribution in [-0.4, -0.2) is 24.7 Å². The summed E-state index contributed by atoms with van der Waals surface area (Å²) < 4.78 is 4.34. The maximum Gasteiger partial charge on any atom is 0.332 e. The van der Waals surface area contributed by atoms with Crippen molar-refractivity contribution < 1.29 is 0 Å². The Morgan fingerprint density at radius 1 is 1.24 bits per heavy atom. The fourth-order valence-electron chi connectivity index (χ4n) is 3.38. The molecule has 1 saturated carbocycles. The summed E-state index contributed by atoms with van der Waals surface area (Å²) in [5.74, 6) is 0.620. The Morgan fingerprint density at radius 3 is 2.56 bits per heavy atom. The van der Waals surface area contributed by atoms with E-state index in [1.165, 1.54) is 30.9 Å². The molecule has 1 aliphatic carbocycles. The number of halogens is 1. The number of hydrogen-bond donors (Lipinski definition) is 1. The molecular formula is C17H24ClN5O2. The van der Waals surface area contributed by atoms with Crippen LogP contribution in [-0.2, 0) is 20.6 Å². The van der Waals surface area contributed by atoms with E-state index in [0.717, 1.165) is 17.4 Å². The minimum Gasteiger partial charge on any atom is -0.353 e. The van der Waals surface area contributed by atoms with Gasteiger partial charge in [-0.15, -0.1) is 0 Å². The van der Waals surface area contributed by atoms with Crippen LogP contribution in [0.15, 0.2) is 20.7 Å². The second-order valence-electron chi connectivity index (χ2n) is 6.69. The molecule has 2 aromatic rings. The van der Waals surface area contributed by atoms with Crippen molar-refractivity contribution in [3.8, 4) is 0 Å². The van der Waals surface area contributed by atoms with Gasteiger partial charge >= 0.3 is 5.69 Å². The molecule has 0 spiro atoms. The molecule has 0 unspecified atom stereocenters. The monoisotopic (exact) mass is 365 g/mol. The fourth-order valence-corrected chi connectivity index (χ4v) is 3.45. The maximum atomic E-state index is 12.7. The predicted octanol–water partition coefficient (Wildman–Crippen LogP) is 2.32. The molecule has 1 fully saturated rings. The quantitative estimate of drug-likeness (QED) is 0.902.